The van der Waals surface area contributed by atoms with Crippen molar-refractivity contribution in [3.8, 4) is 23.3 Å². The fraction of sp³-hybridized carbons (Fsp3) is 0.542. The highest BCUT2D eigenvalue weighted by Crippen LogP contribution is 2.43. The Hall–Kier alpha value is -3.71. The van der Waals surface area contributed by atoms with Crippen molar-refractivity contribution in [2.75, 3.05) is 40.6 Å². The molecular weight excluding hydrogens is 909 g/mol. The van der Waals surface area contributed by atoms with Crippen LogP contribution in [0.4, 0.5) is 0 Å². The Balaban J connectivity index is 0.000000192. The Bertz CT molecular complexity index is 2010. The fourth-order valence-electron chi connectivity index (χ4n) is 6.19. The van der Waals surface area contributed by atoms with Gasteiger partial charge in [-0.2, -0.15) is 0 Å². The van der Waals surface area contributed by atoms with Crippen LogP contribution in [0.2, 0.25) is 0 Å². The molecular formula is C48H68B3BrN2O12. The van der Waals surface area contributed by atoms with E-state index in [1.807, 2.05) is 156 Å². The van der Waals surface area contributed by atoms with Crippen LogP contribution in [0, 0.1) is 0 Å². The standard InChI is InChI=1S/C21H28BNO5.C15H16BrNO3.C12H24B2O4/c1-20(2)21(3,4)28-22(27-20)17-7-9-18(10-8-17)26-15-16-6-11-19(23-14-16)25-13-12-24-5;1-18-8-9-19-15-7-2-12(10-17-15)11-20-14-5-3-13(16)4-6-14;1-9(2)10(3,4)16-13(15-9)14-17-11(5,6)12(7,8)18-14/h6-11,14H,12-13,15H2,1-5H3;2-7,10H,8-9,11H2,1H3;1-8H3. The number of pyridine rings is 2. The van der Waals surface area contributed by atoms with Crippen molar-refractivity contribution in [2.45, 2.75) is 130 Å². The number of benzene rings is 2. The normalized spacial score (nSPS) is 19.3. The van der Waals surface area contributed by atoms with Crippen LogP contribution < -0.4 is 24.4 Å². The van der Waals surface area contributed by atoms with E-state index in [4.69, 9.17) is 56.3 Å². The number of nitrogens with zero attached hydrogens (tertiary/aromatic N) is 2. The smallest absolute Gasteiger partial charge is 0.489 e. The molecule has 3 aliphatic heterocycles. The molecule has 4 aromatic rings. The first kappa shape index (κ1) is 53.3. The predicted molar refractivity (Wildman–Crippen MR) is 260 cm³/mol. The zero-order valence-electron chi connectivity index (χ0n) is 41.2. The highest BCUT2D eigenvalue weighted by atomic mass is 79.9. The van der Waals surface area contributed by atoms with Gasteiger partial charge in [0.2, 0.25) is 11.8 Å². The number of rotatable bonds is 16. The van der Waals surface area contributed by atoms with Crippen LogP contribution in [0.3, 0.4) is 0 Å². The van der Waals surface area contributed by atoms with Gasteiger partial charge in [0.05, 0.1) is 46.8 Å². The van der Waals surface area contributed by atoms with Crippen molar-refractivity contribution in [3.63, 3.8) is 0 Å². The van der Waals surface area contributed by atoms with E-state index in [9.17, 15) is 0 Å². The maximum absolute atomic E-state index is 6.07. The average Bonchev–Trinajstić information content (AvgIpc) is 3.73. The van der Waals surface area contributed by atoms with E-state index in [-0.39, 0.29) is 40.7 Å². The topological polar surface area (TPSA) is 137 Å². The second kappa shape index (κ2) is 22.6. The third kappa shape index (κ3) is 14.4. The molecule has 3 saturated heterocycles. The van der Waals surface area contributed by atoms with Crippen molar-refractivity contribution < 1.29 is 56.3 Å². The zero-order chi connectivity index (χ0) is 48.4. The first-order valence-corrected chi connectivity index (χ1v) is 23.1. The molecule has 18 heteroatoms. The third-order valence-electron chi connectivity index (χ3n) is 12.5. The molecule has 0 amide bonds. The lowest BCUT2D eigenvalue weighted by molar-refractivity contribution is 0.00578. The van der Waals surface area contributed by atoms with E-state index in [2.05, 4.69) is 25.9 Å². The van der Waals surface area contributed by atoms with Crippen LogP contribution in [-0.4, -0.2) is 105 Å². The highest BCUT2D eigenvalue weighted by Gasteiger charge is 2.63. The highest BCUT2D eigenvalue weighted by molar-refractivity contribution is 9.10. The van der Waals surface area contributed by atoms with Gasteiger partial charge in [-0.25, -0.2) is 9.97 Å². The molecule has 14 nitrogen and oxygen atoms in total. The largest absolute Gasteiger partial charge is 0.494 e. The Kier molecular flexibility index (Phi) is 18.2. The number of methoxy groups -OCH3 is 2. The van der Waals surface area contributed by atoms with Crippen molar-refractivity contribution in [3.05, 3.63) is 101 Å². The van der Waals surface area contributed by atoms with Gasteiger partial charge >= 0.3 is 21.1 Å². The summed E-state index contributed by atoms with van der Waals surface area (Å²) in [4.78, 5) is 8.48. The number of halogens is 1. The van der Waals surface area contributed by atoms with Crippen LogP contribution in [0.25, 0.3) is 0 Å². The lowest BCUT2D eigenvalue weighted by Gasteiger charge is -2.32. The molecule has 0 atom stereocenters. The molecule has 3 fully saturated rings. The number of ether oxygens (including phenoxy) is 6. The van der Waals surface area contributed by atoms with Crippen LogP contribution in [0.15, 0.2) is 89.7 Å². The summed E-state index contributed by atoms with van der Waals surface area (Å²) < 4.78 is 69.2. The lowest BCUT2D eigenvalue weighted by Crippen LogP contribution is -2.41. The molecule has 0 spiro atoms. The molecule has 66 heavy (non-hydrogen) atoms. The van der Waals surface area contributed by atoms with Crippen molar-refractivity contribution in [1.82, 2.24) is 9.97 Å². The summed E-state index contributed by atoms with van der Waals surface area (Å²) in [7, 11) is 1.96. The minimum Gasteiger partial charge on any atom is -0.489 e. The summed E-state index contributed by atoms with van der Waals surface area (Å²) in [5.41, 5.74) is 0.801. The van der Waals surface area contributed by atoms with E-state index in [1.54, 1.807) is 26.6 Å². The Morgan fingerprint density at radius 1 is 0.439 bits per heavy atom. The van der Waals surface area contributed by atoms with Gasteiger partial charge in [-0.05, 0) is 137 Å². The third-order valence-corrected chi connectivity index (χ3v) is 13.0. The van der Waals surface area contributed by atoms with E-state index in [0.29, 0.717) is 51.4 Å². The number of hydrogen-bond acceptors (Lipinski definition) is 14. The molecule has 2 aromatic carbocycles. The molecule has 5 heterocycles. The van der Waals surface area contributed by atoms with Crippen molar-refractivity contribution in [2.24, 2.45) is 0 Å². The maximum atomic E-state index is 6.07. The first-order chi connectivity index (χ1) is 31.0. The number of aromatic nitrogens is 2. The summed E-state index contributed by atoms with van der Waals surface area (Å²) in [5.74, 6) is 2.77. The van der Waals surface area contributed by atoms with Gasteiger partial charge in [0.25, 0.3) is 0 Å². The Morgan fingerprint density at radius 2 is 0.788 bits per heavy atom. The average molecular weight is 977 g/mol. The predicted octanol–water partition coefficient (Wildman–Crippen LogP) is 8.68. The summed E-state index contributed by atoms with van der Waals surface area (Å²) in [6.45, 7) is 27.4. The second-order valence-electron chi connectivity index (χ2n) is 19.1. The molecule has 7 rings (SSSR count). The molecule has 0 aliphatic carbocycles. The molecule has 0 unspecified atom stereocenters. The summed E-state index contributed by atoms with van der Waals surface area (Å²) in [6.07, 6.45) is 3.50. The monoisotopic (exact) mass is 976 g/mol. The quantitative estimate of drug-likeness (QED) is 0.0782. The van der Waals surface area contributed by atoms with E-state index >= 15 is 0 Å². The van der Waals surface area contributed by atoms with Crippen molar-refractivity contribution >= 4 is 42.5 Å². The Morgan fingerprint density at radius 3 is 1.12 bits per heavy atom. The van der Waals surface area contributed by atoms with Crippen molar-refractivity contribution in [1.29, 1.82) is 0 Å². The van der Waals surface area contributed by atoms with Crippen LogP contribution in [-0.2, 0) is 50.6 Å². The number of hydrogen-bond donors (Lipinski definition) is 0. The van der Waals surface area contributed by atoms with Crippen LogP contribution in [0.1, 0.15) is 94.2 Å². The molecule has 3 aliphatic rings. The van der Waals surface area contributed by atoms with Gasteiger partial charge in [-0.15, -0.1) is 0 Å². The Labute approximate surface area is 401 Å². The minimum absolute atomic E-state index is 0.348. The maximum Gasteiger partial charge on any atom is 0.494 e. The van der Waals surface area contributed by atoms with Gasteiger partial charge in [0.15, 0.2) is 0 Å². The SMILES string of the molecule is CC1(C)OB(B2OC(C)(C)C(C)(C)O2)OC1(C)C.COCCOc1ccc(COc2ccc(B3OC(C)(C)C(C)(C)O3)cc2)cn1.COCCOc1ccc(COc2ccc(Br)cc2)cn1. The van der Waals surface area contributed by atoms with Gasteiger partial charge in [-0.1, -0.05) is 28.1 Å². The molecule has 0 N–H and O–H groups in total. The molecule has 2 aromatic heterocycles. The van der Waals surface area contributed by atoms with Gasteiger partial charge in [-0.3, -0.25) is 0 Å². The van der Waals surface area contributed by atoms with Gasteiger partial charge < -0.3 is 56.3 Å². The summed E-state index contributed by atoms with van der Waals surface area (Å²) in [5, 5.41) is 0. The molecule has 0 bridgehead atoms. The van der Waals surface area contributed by atoms with Gasteiger partial charge in [0, 0.05) is 54.3 Å². The fourth-order valence-corrected chi connectivity index (χ4v) is 6.45. The molecule has 0 saturated carbocycles. The summed E-state index contributed by atoms with van der Waals surface area (Å²) >= 11 is 3.39. The minimum atomic E-state index is -0.476. The van der Waals surface area contributed by atoms with E-state index in [1.165, 1.54) is 0 Å². The second-order valence-corrected chi connectivity index (χ2v) is 20.0. The summed E-state index contributed by atoms with van der Waals surface area (Å²) in [6, 6.07) is 23.1. The molecule has 0 radical (unpaired) electrons. The molecule has 358 valence electrons. The lowest BCUT2D eigenvalue weighted by atomic mass is 9.49. The first-order valence-electron chi connectivity index (χ1n) is 22.3. The van der Waals surface area contributed by atoms with Crippen LogP contribution in [0.5, 0.6) is 23.3 Å². The van der Waals surface area contributed by atoms with Gasteiger partial charge in [0.1, 0.15) is 37.9 Å². The zero-order valence-corrected chi connectivity index (χ0v) is 42.8. The van der Waals surface area contributed by atoms with Crippen LogP contribution >= 0.6 is 15.9 Å². The van der Waals surface area contributed by atoms with E-state index in [0.717, 1.165) is 32.6 Å². The van der Waals surface area contributed by atoms with E-state index < -0.39 is 14.0 Å².